The van der Waals surface area contributed by atoms with Crippen LogP contribution in [0, 0.1) is 23.0 Å². The van der Waals surface area contributed by atoms with Gasteiger partial charge in [-0.05, 0) is 42.0 Å². The van der Waals surface area contributed by atoms with E-state index in [-0.39, 0.29) is 5.76 Å². The molecule has 3 aromatic rings. The molecule has 0 saturated heterocycles. The molecule has 0 amide bonds. The lowest BCUT2D eigenvalue weighted by molar-refractivity contribution is 0.514. The van der Waals surface area contributed by atoms with Gasteiger partial charge in [0.15, 0.2) is 0 Å². The maximum absolute atomic E-state index is 13.4. The van der Waals surface area contributed by atoms with Crippen LogP contribution >= 0.6 is 0 Å². The third-order valence-electron chi connectivity index (χ3n) is 3.62. The van der Waals surface area contributed by atoms with E-state index in [0.717, 1.165) is 11.8 Å². The number of rotatable bonds is 3. The summed E-state index contributed by atoms with van der Waals surface area (Å²) in [5.41, 5.74) is 2.35. The summed E-state index contributed by atoms with van der Waals surface area (Å²) in [6.45, 7) is 3.45. The van der Waals surface area contributed by atoms with E-state index in [2.05, 4.69) is 6.58 Å². The minimum atomic E-state index is -0.701. The Morgan fingerprint density at radius 2 is 1.67 bits per heavy atom. The zero-order valence-corrected chi connectivity index (χ0v) is 12.5. The van der Waals surface area contributed by atoms with Crippen molar-refractivity contribution in [2.75, 3.05) is 0 Å². The van der Waals surface area contributed by atoms with Crippen LogP contribution < -0.4 is 0 Å². The molecule has 2 aromatic carbocycles. The Morgan fingerprint density at radius 3 is 2.21 bits per heavy atom. The Bertz CT molecular complexity index is 946. The predicted octanol–water partition coefficient (Wildman–Crippen LogP) is 4.82. The van der Waals surface area contributed by atoms with Crippen LogP contribution in [0.5, 0.6) is 0 Å². The summed E-state index contributed by atoms with van der Waals surface area (Å²) in [6.07, 6.45) is 3.22. The lowest BCUT2D eigenvalue weighted by atomic mass is 10.1. The lowest BCUT2D eigenvalue weighted by Gasteiger charge is -2.04. The summed E-state index contributed by atoms with van der Waals surface area (Å²) >= 11 is 0. The average Bonchev–Trinajstić information content (AvgIpc) is 2.98. The molecule has 0 aliphatic rings. The molecule has 118 valence electrons. The Hall–Kier alpha value is -3.39. The van der Waals surface area contributed by atoms with E-state index < -0.39 is 11.6 Å². The zero-order valence-electron chi connectivity index (χ0n) is 12.5. The Labute approximate surface area is 137 Å². The van der Waals surface area contributed by atoms with Crippen molar-refractivity contribution in [2.24, 2.45) is 0 Å². The van der Waals surface area contributed by atoms with E-state index in [0.29, 0.717) is 22.3 Å². The molecule has 0 spiro atoms. The Morgan fingerprint density at radius 1 is 1.04 bits per heavy atom. The van der Waals surface area contributed by atoms with Gasteiger partial charge in [-0.15, -0.1) is 0 Å². The molecular formula is C19H12F2N2O. The second-order valence-electron chi connectivity index (χ2n) is 5.26. The summed E-state index contributed by atoms with van der Waals surface area (Å²) in [4.78, 5) is 0. The molecule has 1 N–H and O–H groups in total. The summed E-state index contributed by atoms with van der Waals surface area (Å²) in [5, 5.41) is 18.7. The lowest BCUT2D eigenvalue weighted by Crippen LogP contribution is -1.90. The smallest absolute Gasteiger partial charge is 0.126 e. The number of hydrogen-bond acceptors (Lipinski definition) is 2. The van der Waals surface area contributed by atoms with E-state index in [9.17, 15) is 19.1 Å². The van der Waals surface area contributed by atoms with E-state index in [4.69, 9.17) is 0 Å². The van der Waals surface area contributed by atoms with Gasteiger partial charge < -0.3 is 9.67 Å². The van der Waals surface area contributed by atoms with Gasteiger partial charge in [0.2, 0.25) is 0 Å². The normalized spacial score (nSPS) is 10.4. The first-order valence-electron chi connectivity index (χ1n) is 7.05. The number of hydrogen-bond donors (Lipinski definition) is 1. The monoisotopic (exact) mass is 322 g/mol. The number of nitriles is 1. The van der Waals surface area contributed by atoms with E-state index in [1.807, 2.05) is 6.07 Å². The van der Waals surface area contributed by atoms with Crippen molar-refractivity contribution in [3.63, 3.8) is 0 Å². The van der Waals surface area contributed by atoms with Crippen molar-refractivity contribution < 1.29 is 13.9 Å². The predicted molar refractivity (Wildman–Crippen MR) is 87.5 cm³/mol. The summed E-state index contributed by atoms with van der Waals surface area (Å²) in [6, 6.07) is 12.0. The molecule has 0 aliphatic carbocycles. The molecule has 1 aromatic heterocycles. The topological polar surface area (TPSA) is 49.0 Å². The van der Waals surface area contributed by atoms with Gasteiger partial charge >= 0.3 is 0 Å². The molecular weight excluding hydrogens is 310 g/mol. The Kier molecular flexibility index (Phi) is 3.88. The molecule has 5 heteroatoms. The molecule has 0 fully saturated rings. The van der Waals surface area contributed by atoms with Crippen molar-refractivity contribution in [3.8, 4) is 22.9 Å². The fourth-order valence-electron chi connectivity index (χ4n) is 2.46. The minimum absolute atomic E-state index is 0.0392. The van der Waals surface area contributed by atoms with Crippen molar-refractivity contribution in [1.29, 1.82) is 5.26 Å². The number of aliphatic hydroxyl groups is 1. The molecule has 3 rings (SSSR count). The number of benzene rings is 2. The van der Waals surface area contributed by atoms with Crippen molar-refractivity contribution in [3.05, 3.63) is 84.2 Å². The van der Waals surface area contributed by atoms with Gasteiger partial charge in [-0.25, -0.2) is 8.78 Å². The van der Waals surface area contributed by atoms with Gasteiger partial charge in [-0.1, -0.05) is 6.58 Å². The first-order chi connectivity index (χ1) is 11.5. The molecule has 0 unspecified atom stereocenters. The van der Waals surface area contributed by atoms with E-state index in [1.54, 1.807) is 41.2 Å². The van der Waals surface area contributed by atoms with Crippen LogP contribution in [-0.4, -0.2) is 9.67 Å². The van der Waals surface area contributed by atoms with Crippen LogP contribution in [0.4, 0.5) is 8.78 Å². The second-order valence-corrected chi connectivity index (χ2v) is 5.26. The van der Waals surface area contributed by atoms with Gasteiger partial charge in [-0.3, -0.25) is 0 Å². The molecule has 0 atom stereocenters. The van der Waals surface area contributed by atoms with Gasteiger partial charge in [-0.2, -0.15) is 5.26 Å². The van der Waals surface area contributed by atoms with E-state index in [1.165, 1.54) is 12.1 Å². The maximum Gasteiger partial charge on any atom is 0.126 e. The van der Waals surface area contributed by atoms with Crippen LogP contribution in [0.25, 0.3) is 22.6 Å². The highest BCUT2D eigenvalue weighted by atomic mass is 19.1. The molecule has 24 heavy (non-hydrogen) atoms. The van der Waals surface area contributed by atoms with Crippen molar-refractivity contribution in [2.45, 2.75) is 0 Å². The third kappa shape index (κ3) is 2.90. The number of halogens is 2. The number of nitrogens with zero attached hydrogens (tertiary/aromatic N) is 2. The maximum atomic E-state index is 13.4. The molecule has 3 nitrogen and oxygen atoms in total. The van der Waals surface area contributed by atoms with Gasteiger partial charge in [0.1, 0.15) is 23.5 Å². The highest BCUT2D eigenvalue weighted by molar-refractivity contribution is 5.71. The largest absolute Gasteiger partial charge is 0.508 e. The van der Waals surface area contributed by atoms with E-state index >= 15 is 0 Å². The zero-order chi connectivity index (χ0) is 17.3. The van der Waals surface area contributed by atoms with Crippen molar-refractivity contribution in [1.82, 2.24) is 4.57 Å². The summed E-state index contributed by atoms with van der Waals surface area (Å²) in [7, 11) is 0. The second kappa shape index (κ2) is 6.01. The Balaban J connectivity index is 2.08. The third-order valence-corrected chi connectivity index (χ3v) is 3.62. The van der Waals surface area contributed by atoms with Crippen LogP contribution in [0.1, 0.15) is 11.1 Å². The molecule has 1 heterocycles. The fraction of sp³-hybridized carbons (Fsp3) is 0. The molecule has 0 radical (unpaired) electrons. The van der Waals surface area contributed by atoms with Crippen LogP contribution in [0.2, 0.25) is 0 Å². The van der Waals surface area contributed by atoms with Crippen LogP contribution in [0.15, 0.2) is 61.4 Å². The highest BCUT2D eigenvalue weighted by Crippen LogP contribution is 2.28. The first kappa shape index (κ1) is 15.5. The first-order valence-corrected chi connectivity index (χ1v) is 7.05. The molecule has 0 bridgehead atoms. The van der Waals surface area contributed by atoms with Gasteiger partial charge in [0.25, 0.3) is 0 Å². The number of aliphatic hydroxyl groups excluding tert-OH is 1. The average molecular weight is 322 g/mol. The molecule has 0 aliphatic heterocycles. The quantitative estimate of drug-likeness (QED) is 0.703. The highest BCUT2D eigenvalue weighted by Gasteiger charge is 2.12. The standard InChI is InChI=1S/C19H12F2N2O/c1-12(24)13-2-4-18(5-3-13)23-10-15(9-22)19(11-23)14-6-16(20)8-17(21)7-14/h2-8,10-11,24H,1H2. The van der Waals surface area contributed by atoms with Gasteiger partial charge in [0, 0.05) is 35.3 Å². The summed E-state index contributed by atoms with van der Waals surface area (Å²) < 4.78 is 28.6. The van der Waals surface area contributed by atoms with Crippen LogP contribution in [0.3, 0.4) is 0 Å². The summed E-state index contributed by atoms with van der Waals surface area (Å²) in [5.74, 6) is -1.44. The minimum Gasteiger partial charge on any atom is -0.508 e. The molecule has 0 saturated carbocycles. The van der Waals surface area contributed by atoms with Crippen LogP contribution in [-0.2, 0) is 0 Å². The van der Waals surface area contributed by atoms with Gasteiger partial charge in [0.05, 0.1) is 5.56 Å². The fourth-order valence-corrected chi connectivity index (χ4v) is 2.46. The SMILES string of the molecule is C=C(O)c1ccc(-n2cc(C#N)c(-c3cc(F)cc(F)c3)c2)cc1. The van der Waals surface area contributed by atoms with Crippen molar-refractivity contribution >= 4 is 5.76 Å². The number of aromatic nitrogens is 1.